The zero-order valence-corrected chi connectivity index (χ0v) is 46.5. The summed E-state index contributed by atoms with van der Waals surface area (Å²) in [5, 5.41) is 70.2. The van der Waals surface area contributed by atoms with Crippen LogP contribution in [0.5, 0.6) is 0 Å². The molecule has 0 saturated carbocycles. The van der Waals surface area contributed by atoms with Crippen molar-refractivity contribution in [3.63, 3.8) is 0 Å². The molecule has 2 amide bonds. The van der Waals surface area contributed by atoms with Crippen LogP contribution in [0.4, 0.5) is 0 Å². The summed E-state index contributed by atoms with van der Waals surface area (Å²) in [6, 6.07) is -3.12. The molecule has 2 aliphatic rings. The molecular weight excluding hydrogens is 980 g/mol. The molecule has 2 heterocycles. The van der Waals surface area contributed by atoms with Gasteiger partial charge < -0.3 is 70.0 Å². The van der Waals surface area contributed by atoms with Crippen LogP contribution in [0, 0.1) is 0 Å². The number of aliphatic hydroxyl groups excluding tert-OH is 6. The van der Waals surface area contributed by atoms with Crippen LogP contribution in [-0.2, 0) is 42.4 Å². The first-order valence-corrected chi connectivity index (χ1v) is 30.5. The number of hydrogen-bond donors (Lipinski definition) is 10. The number of carbonyl (C=O) groups is 3. The van der Waals surface area contributed by atoms with Gasteiger partial charge in [-0.2, -0.15) is 0 Å². The maximum atomic E-state index is 13.9. The van der Waals surface area contributed by atoms with E-state index in [1.165, 1.54) is 103 Å². The minimum Gasteiger partial charge on any atom is -0.462 e. The first kappa shape index (κ1) is 68.3. The van der Waals surface area contributed by atoms with E-state index in [0.717, 1.165) is 70.6 Å². The zero-order valence-electron chi connectivity index (χ0n) is 45.6. The van der Waals surface area contributed by atoms with Gasteiger partial charge in [0.2, 0.25) is 11.8 Å². The number of esters is 1. The highest BCUT2D eigenvalue weighted by atomic mass is 31.2. The van der Waals surface area contributed by atoms with E-state index >= 15 is 0 Å². The van der Waals surface area contributed by atoms with Crippen molar-refractivity contribution in [3.8, 4) is 0 Å². The van der Waals surface area contributed by atoms with Crippen molar-refractivity contribution in [2.45, 2.75) is 313 Å². The Morgan fingerprint density at radius 2 is 1.00 bits per heavy atom. The van der Waals surface area contributed by atoms with Crippen molar-refractivity contribution in [2.24, 2.45) is 0 Å². The molecule has 19 nitrogen and oxygen atoms in total. The zero-order chi connectivity index (χ0) is 54.6. The van der Waals surface area contributed by atoms with Gasteiger partial charge in [0.1, 0.15) is 54.8 Å². The van der Waals surface area contributed by atoms with Crippen LogP contribution in [0.3, 0.4) is 0 Å². The maximum Gasteiger partial charge on any atom is 0.470 e. The monoisotopic (exact) mass is 1080 g/mol. The first-order chi connectivity index (χ1) is 35.5. The summed E-state index contributed by atoms with van der Waals surface area (Å²) in [4.78, 5) is 59.2. The molecule has 0 bridgehead atoms. The van der Waals surface area contributed by atoms with Crippen LogP contribution in [0.1, 0.15) is 239 Å². The Balaban J connectivity index is 2.07. The molecule has 2 rings (SSSR count). The summed E-state index contributed by atoms with van der Waals surface area (Å²) in [7, 11) is -5.31. The van der Waals surface area contributed by atoms with E-state index in [2.05, 4.69) is 31.4 Å². The Kier molecular flexibility index (Phi) is 38.0. The number of amides is 2. The summed E-state index contributed by atoms with van der Waals surface area (Å²) in [5.74, 6) is -1.84. The molecule has 0 aromatic rings. The fourth-order valence-electron chi connectivity index (χ4n) is 9.85. The standard InChI is InChI=1S/C54H103N2O17P/c1-4-7-10-13-16-19-20-23-26-29-32-35-46(61)70-41(34-31-28-25-22-18-15-12-9-6-3)37-45(60)56-48-51(64)52(73-74(66,67)68)42(38-57)72-54(48)69-39-43-49(62)50(63)47(53(65)71-43)55-44(59)36-40(58)33-30-27-24-21-17-14-11-8-5-2/h40-43,47-54,57-58,62-65H,4-39H2,1-3H3,(H,55,59)(H,56,60)(H2,66,67,68)/t40-,41-,42?,43?,47?,48?,49-,50?,51?,52-,53+,54-/m1/s1. The average Bonchev–Trinajstić information content (AvgIpc) is 3.35. The van der Waals surface area contributed by atoms with Crippen molar-refractivity contribution in [1.82, 2.24) is 10.6 Å². The molecule has 0 spiro atoms. The molecule has 0 aromatic heterocycles. The SMILES string of the molecule is CCCCCCCCCCCCCC(=O)O[C@H](CCCCCCCCCCC)CC(=O)NC1C(O)[C@H](OP(=O)(O)O)C(CO)O[C@H]1OCC1O[C@H](O)C(NC(=O)C[C@H](O)CCCCCCCCCCC)C(O)[C@@H]1O. The van der Waals surface area contributed by atoms with Gasteiger partial charge in [-0.05, 0) is 25.7 Å². The number of phosphoric acid groups is 1. The minimum absolute atomic E-state index is 0.191. The third-order valence-corrected chi connectivity index (χ3v) is 14.8. The van der Waals surface area contributed by atoms with Gasteiger partial charge in [-0.3, -0.25) is 18.9 Å². The Labute approximate surface area is 443 Å². The van der Waals surface area contributed by atoms with E-state index in [1.54, 1.807) is 0 Å². The first-order valence-electron chi connectivity index (χ1n) is 29.0. The second-order valence-corrected chi connectivity index (χ2v) is 22.2. The molecule has 10 N–H and O–H groups in total. The highest BCUT2D eigenvalue weighted by Crippen LogP contribution is 2.41. The smallest absolute Gasteiger partial charge is 0.462 e. The van der Waals surface area contributed by atoms with Gasteiger partial charge in [-0.25, -0.2) is 4.57 Å². The third kappa shape index (κ3) is 30.3. The largest absolute Gasteiger partial charge is 0.470 e. The lowest BCUT2D eigenvalue weighted by atomic mass is 9.95. The van der Waals surface area contributed by atoms with Crippen molar-refractivity contribution in [1.29, 1.82) is 0 Å². The third-order valence-electron chi connectivity index (χ3n) is 14.3. The fraction of sp³-hybridized carbons (Fsp3) is 0.944. The highest BCUT2D eigenvalue weighted by molar-refractivity contribution is 7.46. The van der Waals surface area contributed by atoms with Gasteiger partial charge >= 0.3 is 13.8 Å². The van der Waals surface area contributed by atoms with Gasteiger partial charge in [0.15, 0.2) is 12.6 Å². The topological polar surface area (TPSA) is 300 Å². The Morgan fingerprint density at radius 1 is 0.554 bits per heavy atom. The van der Waals surface area contributed by atoms with Crippen molar-refractivity contribution in [3.05, 3.63) is 0 Å². The second kappa shape index (κ2) is 41.2. The van der Waals surface area contributed by atoms with Gasteiger partial charge in [0.25, 0.3) is 0 Å². The van der Waals surface area contributed by atoms with E-state index in [9.17, 15) is 59.4 Å². The number of nitrogens with one attached hydrogen (secondary N) is 2. The number of carbonyl (C=O) groups excluding carboxylic acids is 3. The number of phosphoric ester groups is 1. The predicted molar refractivity (Wildman–Crippen MR) is 281 cm³/mol. The molecule has 0 aromatic carbocycles. The van der Waals surface area contributed by atoms with Crippen LogP contribution >= 0.6 is 7.82 Å². The quantitative estimate of drug-likeness (QED) is 0.0160. The molecule has 2 aliphatic heterocycles. The molecule has 2 saturated heterocycles. The van der Waals surface area contributed by atoms with Crippen LogP contribution in [-0.4, -0.2) is 145 Å². The van der Waals surface area contributed by atoms with Gasteiger partial charge in [-0.1, -0.05) is 194 Å². The average molecular weight is 1080 g/mol. The molecular formula is C54H103N2O17P. The van der Waals surface area contributed by atoms with Crippen LogP contribution < -0.4 is 10.6 Å². The molecule has 12 atom stereocenters. The van der Waals surface area contributed by atoms with Gasteiger partial charge in [0.05, 0.1) is 32.2 Å². The Bertz CT molecular complexity index is 1500. The highest BCUT2D eigenvalue weighted by Gasteiger charge is 2.51. The van der Waals surface area contributed by atoms with Crippen molar-refractivity contribution in [2.75, 3.05) is 13.2 Å². The van der Waals surface area contributed by atoms with E-state index in [4.69, 9.17) is 23.5 Å². The molecule has 436 valence electrons. The van der Waals surface area contributed by atoms with Crippen LogP contribution in [0.2, 0.25) is 0 Å². The Morgan fingerprint density at radius 3 is 1.49 bits per heavy atom. The molecule has 6 unspecified atom stereocenters. The molecule has 2 fully saturated rings. The van der Waals surface area contributed by atoms with Crippen molar-refractivity contribution >= 4 is 25.6 Å². The maximum absolute atomic E-state index is 13.9. The lowest BCUT2D eigenvalue weighted by Crippen LogP contribution is -2.67. The van der Waals surface area contributed by atoms with Gasteiger partial charge in [0, 0.05) is 6.42 Å². The van der Waals surface area contributed by atoms with Crippen molar-refractivity contribution < 1.29 is 82.8 Å². The minimum atomic E-state index is -5.31. The number of hydrogen-bond acceptors (Lipinski definition) is 15. The lowest BCUT2D eigenvalue weighted by Gasteiger charge is -2.45. The summed E-state index contributed by atoms with van der Waals surface area (Å²) >= 11 is 0. The van der Waals surface area contributed by atoms with E-state index in [-0.39, 0.29) is 19.3 Å². The number of unbranched alkanes of at least 4 members (excludes halogenated alkanes) is 26. The molecule has 0 aliphatic carbocycles. The van der Waals surface area contributed by atoms with Crippen LogP contribution in [0.15, 0.2) is 0 Å². The fourth-order valence-corrected chi connectivity index (χ4v) is 10.4. The second-order valence-electron chi connectivity index (χ2n) is 21.0. The van der Waals surface area contributed by atoms with E-state index in [1.807, 2.05) is 0 Å². The molecule has 0 radical (unpaired) electrons. The van der Waals surface area contributed by atoms with Gasteiger partial charge in [-0.15, -0.1) is 0 Å². The molecule has 74 heavy (non-hydrogen) atoms. The summed E-state index contributed by atoms with van der Waals surface area (Å²) in [6.45, 7) is 4.97. The Hall–Kier alpha value is -1.84. The predicted octanol–water partition coefficient (Wildman–Crippen LogP) is 7.56. The summed E-state index contributed by atoms with van der Waals surface area (Å²) in [5.41, 5.74) is 0. The summed E-state index contributed by atoms with van der Waals surface area (Å²) in [6.07, 6.45) is 16.2. The van der Waals surface area contributed by atoms with E-state index in [0.29, 0.717) is 25.7 Å². The van der Waals surface area contributed by atoms with E-state index < -0.39 is 112 Å². The lowest BCUT2D eigenvalue weighted by molar-refractivity contribution is -0.296. The number of ether oxygens (including phenoxy) is 4. The summed E-state index contributed by atoms with van der Waals surface area (Å²) < 4.78 is 39.9. The number of rotatable bonds is 45. The van der Waals surface area contributed by atoms with Crippen LogP contribution in [0.25, 0.3) is 0 Å². The molecule has 20 heteroatoms. The normalized spacial score (nSPS) is 25.1. The number of aliphatic hydroxyl groups is 6.